The molecule has 0 saturated heterocycles. The van der Waals surface area contributed by atoms with Crippen molar-refractivity contribution in [2.45, 2.75) is 31.4 Å². The third kappa shape index (κ3) is 4.36. The van der Waals surface area contributed by atoms with Gasteiger partial charge < -0.3 is 14.8 Å². The molecular formula is C17H21N3O3. The van der Waals surface area contributed by atoms with E-state index in [2.05, 4.69) is 16.3 Å². The van der Waals surface area contributed by atoms with E-state index in [-0.39, 0.29) is 12.0 Å². The minimum Gasteiger partial charge on any atom is -0.486 e. The molecule has 1 N–H and O–H groups in total. The number of benzene rings is 1. The first-order valence-corrected chi connectivity index (χ1v) is 8.02. The minimum atomic E-state index is -0.178. The van der Waals surface area contributed by atoms with Crippen LogP contribution in [0.4, 0.5) is 0 Å². The topological polar surface area (TPSA) is 74.6 Å². The molecule has 1 aliphatic heterocycles. The van der Waals surface area contributed by atoms with E-state index in [4.69, 9.17) is 14.7 Å². The van der Waals surface area contributed by atoms with Crippen molar-refractivity contribution in [3.8, 4) is 17.6 Å². The second-order valence-electron chi connectivity index (χ2n) is 5.91. The van der Waals surface area contributed by atoms with Crippen LogP contribution in [0.3, 0.4) is 0 Å². The van der Waals surface area contributed by atoms with Crippen molar-refractivity contribution >= 4 is 5.91 Å². The predicted molar refractivity (Wildman–Crippen MR) is 84.2 cm³/mol. The van der Waals surface area contributed by atoms with Gasteiger partial charge >= 0.3 is 0 Å². The first kappa shape index (κ1) is 15.6. The van der Waals surface area contributed by atoms with Crippen LogP contribution in [-0.2, 0) is 4.79 Å². The molecule has 23 heavy (non-hydrogen) atoms. The number of ether oxygens (including phenoxy) is 2. The van der Waals surface area contributed by atoms with Crippen molar-refractivity contribution in [1.82, 2.24) is 10.2 Å². The summed E-state index contributed by atoms with van der Waals surface area (Å²) in [7, 11) is 0. The normalized spacial score (nSPS) is 19.2. The number of nitrogens with zero attached hydrogens (tertiary/aromatic N) is 2. The van der Waals surface area contributed by atoms with Gasteiger partial charge in [-0.05, 0) is 25.0 Å². The summed E-state index contributed by atoms with van der Waals surface area (Å²) < 4.78 is 11.4. The number of hydrogen-bond acceptors (Lipinski definition) is 5. The zero-order valence-electron chi connectivity index (χ0n) is 13.0. The van der Waals surface area contributed by atoms with E-state index >= 15 is 0 Å². The maximum Gasteiger partial charge on any atom is 0.234 e. The molecule has 122 valence electrons. The highest BCUT2D eigenvalue weighted by Crippen LogP contribution is 2.30. The summed E-state index contributed by atoms with van der Waals surface area (Å²) >= 11 is 0. The molecule has 0 spiro atoms. The monoisotopic (exact) mass is 315 g/mol. The van der Waals surface area contributed by atoms with Crippen molar-refractivity contribution in [3.05, 3.63) is 24.3 Å². The number of hydrogen-bond donors (Lipinski definition) is 1. The van der Waals surface area contributed by atoms with Gasteiger partial charge in [0.2, 0.25) is 5.91 Å². The van der Waals surface area contributed by atoms with Crippen LogP contribution in [0.15, 0.2) is 24.3 Å². The summed E-state index contributed by atoms with van der Waals surface area (Å²) in [6, 6.07) is 10.1. The van der Waals surface area contributed by atoms with E-state index < -0.39 is 0 Å². The fourth-order valence-electron chi connectivity index (χ4n) is 2.66. The quantitative estimate of drug-likeness (QED) is 0.821. The Kier molecular flexibility index (Phi) is 4.99. The molecule has 0 aromatic heterocycles. The average Bonchev–Trinajstić information content (AvgIpc) is 3.41. The Hall–Kier alpha value is -2.26. The predicted octanol–water partition coefficient (Wildman–Crippen LogP) is 1.32. The van der Waals surface area contributed by atoms with E-state index in [1.807, 2.05) is 24.3 Å². The lowest BCUT2D eigenvalue weighted by Gasteiger charge is -2.27. The van der Waals surface area contributed by atoms with Crippen molar-refractivity contribution in [2.24, 2.45) is 0 Å². The Labute approximate surface area is 136 Å². The molecule has 1 aromatic carbocycles. The van der Waals surface area contributed by atoms with Gasteiger partial charge in [0.25, 0.3) is 0 Å². The summed E-state index contributed by atoms with van der Waals surface area (Å²) in [5.41, 5.74) is 0. The van der Waals surface area contributed by atoms with Crippen LogP contribution in [0.1, 0.15) is 19.3 Å². The summed E-state index contributed by atoms with van der Waals surface area (Å²) in [6.45, 7) is 1.85. The van der Waals surface area contributed by atoms with E-state index in [1.54, 1.807) is 0 Å². The summed E-state index contributed by atoms with van der Waals surface area (Å²) in [5.74, 6) is 1.43. The van der Waals surface area contributed by atoms with Crippen molar-refractivity contribution in [3.63, 3.8) is 0 Å². The first-order valence-electron chi connectivity index (χ1n) is 8.02. The number of rotatable bonds is 7. The molecule has 1 saturated carbocycles. The SMILES string of the molecule is N#CCCN(CC(=O)NC[C@@H]1COc2ccccc2O1)C1CC1. The van der Waals surface area contributed by atoms with Crippen LogP contribution in [0.25, 0.3) is 0 Å². The molecule has 1 aliphatic carbocycles. The lowest BCUT2D eigenvalue weighted by molar-refractivity contribution is -0.122. The second kappa shape index (κ2) is 7.34. The molecule has 1 fully saturated rings. The van der Waals surface area contributed by atoms with Gasteiger partial charge in [0.1, 0.15) is 12.7 Å². The minimum absolute atomic E-state index is 0.0303. The van der Waals surface area contributed by atoms with E-state index in [0.717, 1.165) is 18.6 Å². The molecule has 0 bridgehead atoms. The van der Waals surface area contributed by atoms with Gasteiger partial charge in [-0.15, -0.1) is 0 Å². The zero-order chi connectivity index (χ0) is 16.1. The number of nitriles is 1. The summed E-state index contributed by atoms with van der Waals surface area (Å²) in [5, 5.41) is 11.6. The van der Waals surface area contributed by atoms with Gasteiger partial charge in [-0.1, -0.05) is 12.1 Å². The Balaban J connectivity index is 1.43. The van der Waals surface area contributed by atoms with Crippen LogP contribution in [-0.4, -0.2) is 49.2 Å². The van der Waals surface area contributed by atoms with Crippen LogP contribution < -0.4 is 14.8 Å². The molecular weight excluding hydrogens is 294 g/mol. The summed E-state index contributed by atoms with van der Waals surface area (Å²) in [6.07, 6.45) is 2.52. The smallest absolute Gasteiger partial charge is 0.234 e. The van der Waals surface area contributed by atoms with E-state index in [0.29, 0.717) is 44.5 Å². The lowest BCUT2D eigenvalue weighted by Crippen LogP contribution is -2.44. The Bertz CT molecular complexity index is 595. The molecule has 2 aliphatic rings. The highest BCUT2D eigenvalue weighted by atomic mass is 16.6. The van der Waals surface area contributed by atoms with Crippen LogP contribution in [0.5, 0.6) is 11.5 Å². The molecule has 6 heteroatoms. The molecule has 1 aromatic rings. The molecule has 0 radical (unpaired) electrons. The number of fused-ring (bicyclic) bond motifs is 1. The van der Waals surface area contributed by atoms with Gasteiger partial charge in [0.05, 0.1) is 19.2 Å². The van der Waals surface area contributed by atoms with Crippen molar-refractivity contribution in [2.75, 3.05) is 26.2 Å². The third-order valence-corrected chi connectivity index (χ3v) is 4.02. The molecule has 3 rings (SSSR count). The molecule has 0 unspecified atom stereocenters. The Morgan fingerprint density at radius 1 is 1.35 bits per heavy atom. The van der Waals surface area contributed by atoms with Gasteiger partial charge in [0, 0.05) is 19.0 Å². The average molecular weight is 315 g/mol. The standard InChI is InChI=1S/C17H21N3O3/c18-8-3-9-20(13-6-7-13)11-17(21)19-10-14-12-22-15-4-1-2-5-16(15)23-14/h1-2,4-5,13-14H,3,6-7,9-12H2,(H,19,21)/t14-/m1/s1. The van der Waals surface area contributed by atoms with E-state index in [9.17, 15) is 4.79 Å². The van der Waals surface area contributed by atoms with Crippen LogP contribution >= 0.6 is 0 Å². The maximum absolute atomic E-state index is 12.1. The van der Waals surface area contributed by atoms with E-state index in [1.165, 1.54) is 0 Å². The Morgan fingerprint density at radius 2 is 2.13 bits per heavy atom. The molecule has 1 atom stereocenters. The largest absolute Gasteiger partial charge is 0.486 e. The fourth-order valence-corrected chi connectivity index (χ4v) is 2.66. The molecule has 1 heterocycles. The number of nitrogens with one attached hydrogen (secondary N) is 1. The van der Waals surface area contributed by atoms with Crippen molar-refractivity contribution < 1.29 is 14.3 Å². The third-order valence-electron chi connectivity index (χ3n) is 4.02. The Morgan fingerprint density at radius 3 is 2.87 bits per heavy atom. The van der Waals surface area contributed by atoms with Gasteiger partial charge in [-0.3, -0.25) is 9.69 Å². The molecule has 1 amide bonds. The number of para-hydroxylation sites is 2. The van der Waals surface area contributed by atoms with Gasteiger partial charge in [0.15, 0.2) is 11.5 Å². The van der Waals surface area contributed by atoms with Gasteiger partial charge in [-0.2, -0.15) is 5.26 Å². The lowest BCUT2D eigenvalue weighted by atomic mass is 10.2. The van der Waals surface area contributed by atoms with Gasteiger partial charge in [-0.25, -0.2) is 0 Å². The molecule has 6 nitrogen and oxygen atoms in total. The maximum atomic E-state index is 12.1. The number of carbonyl (C=O) groups is 1. The number of carbonyl (C=O) groups excluding carboxylic acids is 1. The summed E-state index contributed by atoms with van der Waals surface area (Å²) in [4.78, 5) is 14.2. The first-order chi connectivity index (χ1) is 11.3. The highest BCUT2D eigenvalue weighted by molar-refractivity contribution is 5.78. The number of amides is 1. The van der Waals surface area contributed by atoms with Crippen molar-refractivity contribution in [1.29, 1.82) is 5.26 Å². The zero-order valence-corrected chi connectivity index (χ0v) is 13.0. The highest BCUT2D eigenvalue weighted by Gasteiger charge is 2.30. The second-order valence-corrected chi connectivity index (χ2v) is 5.91. The van der Waals surface area contributed by atoms with Crippen LogP contribution in [0.2, 0.25) is 0 Å². The van der Waals surface area contributed by atoms with Crippen LogP contribution in [0, 0.1) is 11.3 Å². The fraction of sp³-hybridized carbons (Fsp3) is 0.529.